The molecule has 0 fully saturated rings. The molecule has 34 heavy (non-hydrogen) atoms. The monoisotopic (exact) mass is 505 g/mol. The van der Waals surface area contributed by atoms with E-state index >= 15 is 0 Å². The molecular weight excluding hydrogens is 470 g/mol. The maximum Gasteiger partial charge on any atom is 0.347 e. The Hall–Kier alpha value is -2.03. The minimum Gasteiger partial charge on any atom is -0.478 e. The van der Waals surface area contributed by atoms with Crippen molar-refractivity contribution in [1.29, 1.82) is 0 Å². The number of ether oxygens (including phenoxy) is 1. The van der Waals surface area contributed by atoms with Gasteiger partial charge in [-0.2, -0.15) is 0 Å². The third kappa shape index (κ3) is 5.96. The molecule has 6 nitrogen and oxygen atoms in total. The number of aryl methyl sites for hydroxylation is 2. The van der Waals surface area contributed by atoms with Crippen molar-refractivity contribution >= 4 is 27.8 Å². The van der Waals surface area contributed by atoms with Crippen LogP contribution in [0.3, 0.4) is 0 Å². The Morgan fingerprint density at radius 2 is 1.82 bits per heavy atom. The molecule has 186 valence electrons. The van der Waals surface area contributed by atoms with Crippen LogP contribution in [0.4, 0.5) is 0 Å². The zero-order chi connectivity index (χ0) is 25.1. The highest BCUT2D eigenvalue weighted by molar-refractivity contribution is 8.13. The van der Waals surface area contributed by atoms with Gasteiger partial charge in [0, 0.05) is 23.9 Å². The summed E-state index contributed by atoms with van der Waals surface area (Å²) in [5.74, 6) is -0.581. The van der Waals surface area contributed by atoms with Crippen LogP contribution in [0.25, 0.3) is 0 Å². The van der Waals surface area contributed by atoms with E-state index in [1.807, 2.05) is 45.0 Å². The van der Waals surface area contributed by atoms with Crippen LogP contribution in [0.1, 0.15) is 63.1 Å². The largest absolute Gasteiger partial charge is 0.478 e. The second-order valence-electron chi connectivity index (χ2n) is 9.43. The van der Waals surface area contributed by atoms with Gasteiger partial charge in [-0.25, -0.2) is 17.5 Å². The normalized spacial score (nSPS) is 18.2. The molecule has 0 radical (unpaired) electrons. The Kier molecular flexibility index (Phi) is 8.37. The van der Waals surface area contributed by atoms with Crippen LogP contribution in [0, 0.1) is 6.92 Å². The third-order valence-electron chi connectivity index (χ3n) is 6.12. The summed E-state index contributed by atoms with van der Waals surface area (Å²) in [7, 11) is -3.46. The number of carboxylic acids is 1. The Balaban J connectivity index is 1.63. The summed E-state index contributed by atoms with van der Waals surface area (Å²) in [6, 6.07) is 13.5. The van der Waals surface area contributed by atoms with E-state index in [1.54, 1.807) is 16.4 Å². The van der Waals surface area contributed by atoms with Crippen molar-refractivity contribution in [1.82, 2.24) is 4.31 Å². The summed E-state index contributed by atoms with van der Waals surface area (Å²) in [6.07, 6.45) is 2.20. The second-order valence-corrected chi connectivity index (χ2v) is 13.0. The minimum absolute atomic E-state index is 0.0492. The molecule has 8 heteroatoms. The SMILES string of the molecule is CCCN(CCCc1ccc(OC(C)(C)C(=O)O)cc1)S(=O)(=O)C1Sc2ccc(C)cc2C1C. The molecule has 2 aromatic rings. The first kappa shape index (κ1) is 26.6. The van der Waals surface area contributed by atoms with Crippen LogP contribution < -0.4 is 4.74 Å². The van der Waals surface area contributed by atoms with Gasteiger partial charge in [0.25, 0.3) is 0 Å². The van der Waals surface area contributed by atoms with Crippen LogP contribution in [0.5, 0.6) is 5.75 Å². The fraction of sp³-hybridized carbons (Fsp3) is 0.500. The Labute approximate surface area is 207 Å². The minimum atomic E-state index is -3.46. The highest BCUT2D eigenvalue weighted by Crippen LogP contribution is 2.48. The summed E-state index contributed by atoms with van der Waals surface area (Å²) in [6.45, 7) is 10.1. The van der Waals surface area contributed by atoms with E-state index in [-0.39, 0.29) is 5.92 Å². The molecule has 2 aromatic carbocycles. The van der Waals surface area contributed by atoms with Crippen molar-refractivity contribution in [2.45, 2.75) is 74.9 Å². The topological polar surface area (TPSA) is 83.9 Å². The lowest BCUT2D eigenvalue weighted by molar-refractivity contribution is -0.152. The Morgan fingerprint density at radius 1 is 1.15 bits per heavy atom. The van der Waals surface area contributed by atoms with E-state index in [4.69, 9.17) is 4.74 Å². The van der Waals surface area contributed by atoms with Crippen molar-refractivity contribution in [2.75, 3.05) is 13.1 Å². The molecule has 0 aromatic heterocycles. The molecule has 1 aliphatic heterocycles. The molecule has 0 saturated heterocycles. The average molecular weight is 506 g/mol. The van der Waals surface area contributed by atoms with Crippen LogP contribution >= 0.6 is 11.8 Å². The van der Waals surface area contributed by atoms with Gasteiger partial charge in [0.05, 0.1) is 0 Å². The van der Waals surface area contributed by atoms with Crippen LogP contribution in [0.2, 0.25) is 0 Å². The molecule has 1 heterocycles. The van der Waals surface area contributed by atoms with Crippen LogP contribution in [-0.2, 0) is 21.2 Å². The van der Waals surface area contributed by atoms with Gasteiger partial charge >= 0.3 is 5.97 Å². The Bertz CT molecular complexity index is 1110. The maximum atomic E-state index is 13.6. The number of aliphatic carboxylic acids is 1. The van der Waals surface area contributed by atoms with Gasteiger partial charge in [0.15, 0.2) is 5.60 Å². The molecule has 2 unspecified atom stereocenters. The molecule has 0 amide bonds. The zero-order valence-electron chi connectivity index (χ0n) is 20.6. The van der Waals surface area contributed by atoms with E-state index in [0.717, 1.165) is 34.4 Å². The summed E-state index contributed by atoms with van der Waals surface area (Å²) < 4.78 is 33.9. The molecule has 0 aliphatic carbocycles. The summed E-state index contributed by atoms with van der Waals surface area (Å²) >= 11 is 1.47. The van der Waals surface area contributed by atoms with Gasteiger partial charge in [-0.15, -0.1) is 11.8 Å². The molecule has 2 atom stereocenters. The number of hydrogen-bond acceptors (Lipinski definition) is 5. The van der Waals surface area contributed by atoms with E-state index in [9.17, 15) is 18.3 Å². The molecule has 1 N–H and O–H groups in total. The number of sulfonamides is 1. The van der Waals surface area contributed by atoms with Gasteiger partial charge in [-0.3, -0.25) is 0 Å². The number of benzene rings is 2. The molecule has 3 rings (SSSR count). The first-order valence-electron chi connectivity index (χ1n) is 11.7. The van der Waals surface area contributed by atoms with Gasteiger partial charge in [-0.1, -0.05) is 43.7 Å². The van der Waals surface area contributed by atoms with E-state index in [1.165, 1.54) is 25.6 Å². The standard InChI is InChI=1S/C26H35NO5S2/c1-6-15-27(34(30,31)24-19(3)22-17-18(2)9-14-23(22)33-24)16-7-8-20-10-12-21(13-11-20)32-26(4,5)25(28)29/h9-14,17,19,24H,6-8,15-16H2,1-5H3,(H,28,29). The molecule has 0 bridgehead atoms. The number of fused-ring (bicyclic) bond motifs is 1. The van der Waals surface area contributed by atoms with Crippen molar-refractivity contribution in [3.8, 4) is 5.75 Å². The molecule has 1 aliphatic rings. The molecular formula is C26H35NO5S2. The first-order valence-corrected chi connectivity index (χ1v) is 14.1. The number of rotatable bonds is 11. The highest BCUT2D eigenvalue weighted by atomic mass is 32.3. The number of thioether (sulfide) groups is 1. The first-order chi connectivity index (χ1) is 16.0. The van der Waals surface area contributed by atoms with Crippen LogP contribution in [0.15, 0.2) is 47.4 Å². The predicted molar refractivity (Wildman–Crippen MR) is 137 cm³/mol. The lowest BCUT2D eigenvalue weighted by Crippen LogP contribution is -2.39. The second kappa shape index (κ2) is 10.7. The lowest BCUT2D eigenvalue weighted by Gasteiger charge is -2.27. The quantitative estimate of drug-likeness (QED) is 0.437. The third-order valence-corrected chi connectivity index (χ3v) is 10.5. The molecule has 0 spiro atoms. The predicted octanol–water partition coefficient (Wildman–Crippen LogP) is 5.45. The number of nitrogens with zero attached hydrogens (tertiary/aromatic N) is 1. The van der Waals surface area contributed by atoms with Crippen molar-refractivity contribution in [3.05, 3.63) is 59.2 Å². The number of carbonyl (C=O) groups is 1. The van der Waals surface area contributed by atoms with E-state index in [2.05, 4.69) is 6.07 Å². The zero-order valence-corrected chi connectivity index (χ0v) is 22.2. The van der Waals surface area contributed by atoms with Gasteiger partial charge < -0.3 is 9.84 Å². The fourth-order valence-electron chi connectivity index (χ4n) is 4.11. The van der Waals surface area contributed by atoms with Crippen molar-refractivity contribution < 1.29 is 23.1 Å². The number of carboxylic acid groups (broad SMARTS) is 1. The number of hydrogen-bond donors (Lipinski definition) is 1. The summed E-state index contributed by atoms with van der Waals surface area (Å²) in [5.41, 5.74) is 2.03. The van der Waals surface area contributed by atoms with Crippen LogP contribution in [-0.4, -0.2) is 47.1 Å². The van der Waals surface area contributed by atoms with Gasteiger partial charge in [0.2, 0.25) is 10.0 Å². The average Bonchev–Trinajstić information content (AvgIpc) is 3.10. The van der Waals surface area contributed by atoms with Crippen molar-refractivity contribution in [3.63, 3.8) is 0 Å². The smallest absolute Gasteiger partial charge is 0.347 e. The summed E-state index contributed by atoms with van der Waals surface area (Å²) in [4.78, 5) is 12.3. The Morgan fingerprint density at radius 3 is 2.44 bits per heavy atom. The van der Waals surface area contributed by atoms with Crippen molar-refractivity contribution in [2.24, 2.45) is 0 Å². The molecule has 0 saturated carbocycles. The highest BCUT2D eigenvalue weighted by Gasteiger charge is 2.42. The van der Waals surface area contributed by atoms with Gasteiger partial charge in [-0.05, 0) is 69.4 Å². The van der Waals surface area contributed by atoms with Gasteiger partial charge in [0.1, 0.15) is 10.3 Å². The fourth-order valence-corrected chi connectivity index (χ4v) is 8.18. The van der Waals surface area contributed by atoms with E-state index < -0.39 is 26.2 Å². The van der Waals surface area contributed by atoms with E-state index in [0.29, 0.717) is 25.3 Å². The lowest BCUT2D eigenvalue weighted by atomic mass is 10.0. The summed E-state index contributed by atoms with van der Waals surface area (Å²) in [5, 5.41) is 9.21. The maximum absolute atomic E-state index is 13.6.